The van der Waals surface area contributed by atoms with Gasteiger partial charge in [-0.15, -0.1) is 0 Å². The van der Waals surface area contributed by atoms with Crippen LogP contribution in [0.4, 0.5) is 0 Å². The van der Waals surface area contributed by atoms with Gasteiger partial charge < -0.3 is 9.84 Å². The summed E-state index contributed by atoms with van der Waals surface area (Å²) in [5.41, 5.74) is 0.103. The first-order chi connectivity index (χ1) is 9.60. The highest BCUT2D eigenvalue weighted by Crippen LogP contribution is 2.40. The number of hydrogen-bond donors (Lipinski definition) is 1. The van der Waals surface area contributed by atoms with Gasteiger partial charge in [0.15, 0.2) is 0 Å². The molecule has 0 unspecified atom stereocenters. The fourth-order valence-electron chi connectivity index (χ4n) is 3.29. The van der Waals surface area contributed by atoms with E-state index >= 15 is 0 Å². The molecule has 0 bridgehead atoms. The van der Waals surface area contributed by atoms with Crippen molar-refractivity contribution >= 4 is 5.97 Å². The predicted octanol–water partition coefficient (Wildman–Crippen LogP) is 3.67. The van der Waals surface area contributed by atoms with Crippen LogP contribution >= 0.6 is 0 Å². The average Bonchev–Trinajstić information content (AvgIpc) is 2.34. The molecule has 1 aliphatic rings. The molecule has 1 N–H and O–H groups in total. The van der Waals surface area contributed by atoms with Crippen molar-refractivity contribution < 1.29 is 14.6 Å². The zero-order valence-corrected chi connectivity index (χ0v) is 14.4. The molecule has 4 nitrogen and oxygen atoms in total. The molecule has 1 aliphatic heterocycles. The number of carbonyl (C=O) groups is 1. The number of unbranched alkanes of at least 4 members (excludes halogenated alkanes) is 1. The van der Waals surface area contributed by atoms with Gasteiger partial charge in [-0.3, -0.25) is 4.90 Å². The van der Waals surface area contributed by atoms with Crippen LogP contribution in [0, 0.1) is 5.92 Å². The number of allylic oxidation sites excluding steroid dienone is 1. The summed E-state index contributed by atoms with van der Waals surface area (Å²) >= 11 is 0. The standard InChI is InChI=1S/C17H31NO3/c1-7-8-9-21-14(15(19)20)10-13-11-16(2,3)18(6)17(4,5)12-13/h10,13H,7-9,11-12H2,1-6H3,(H,19,20). The molecule has 0 aromatic rings. The van der Waals surface area contributed by atoms with Crippen molar-refractivity contribution in [2.75, 3.05) is 13.7 Å². The lowest BCUT2D eigenvalue weighted by Crippen LogP contribution is -2.58. The van der Waals surface area contributed by atoms with E-state index in [0.29, 0.717) is 6.61 Å². The largest absolute Gasteiger partial charge is 0.487 e. The predicted molar refractivity (Wildman–Crippen MR) is 85.2 cm³/mol. The fraction of sp³-hybridized carbons (Fsp3) is 0.824. The second kappa shape index (κ2) is 6.82. The molecule has 0 aliphatic carbocycles. The summed E-state index contributed by atoms with van der Waals surface area (Å²) in [5.74, 6) is -0.607. The van der Waals surface area contributed by atoms with Gasteiger partial charge in [0.05, 0.1) is 6.61 Å². The molecule has 1 heterocycles. The topological polar surface area (TPSA) is 49.8 Å². The van der Waals surface area contributed by atoms with Gasteiger partial charge in [-0.05, 0) is 66.0 Å². The van der Waals surface area contributed by atoms with Crippen molar-refractivity contribution in [1.82, 2.24) is 4.90 Å². The molecular formula is C17H31NO3. The van der Waals surface area contributed by atoms with Gasteiger partial charge >= 0.3 is 5.97 Å². The third kappa shape index (κ3) is 4.73. The quantitative estimate of drug-likeness (QED) is 0.462. The van der Waals surface area contributed by atoms with E-state index in [4.69, 9.17) is 4.74 Å². The Morgan fingerprint density at radius 2 is 1.81 bits per heavy atom. The highest BCUT2D eigenvalue weighted by atomic mass is 16.5. The Hall–Kier alpha value is -1.03. The zero-order valence-electron chi connectivity index (χ0n) is 14.4. The molecule has 4 heteroatoms. The zero-order chi connectivity index (χ0) is 16.3. The van der Waals surface area contributed by atoms with Gasteiger partial charge in [-0.2, -0.15) is 0 Å². The van der Waals surface area contributed by atoms with Gasteiger partial charge in [0.2, 0.25) is 5.76 Å². The van der Waals surface area contributed by atoms with Gasteiger partial charge in [-0.1, -0.05) is 13.3 Å². The molecule has 0 spiro atoms. The van der Waals surface area contributed by atoms with E-state index < -0.39 is 5.97 Å². The van der Waals surface area contributed by atoms with Crippen molar-refractivity contribution in [2.45, 2.75) is 71.4 Å². The number of carboxylic acid groups (broad SMARTS) is 1. The molecule has 0 atom stereocenters. The SMILES string of the molecule is CCCCOC(=CC1CC(C)(C)N(C)C(C)(C)C1)C(=O)O. The first-order valence-electron chi connectivity index (χ1n) is 7.92. The molecule has 0 amide bonds. The Labute approximate surface area is 129 Å². The minimum absolute atomic E-state index is 0.0515. The van der Waals surface area contributed by atoms with E-state index in [9.17, 15) is 9.90 Å². The third-order valence-corrected chi connectivity index (χ3v) is 4.69. The maximum atomic E-state index is 11.4. The van der Waals surface area contributed by atoms with Crippen LogP contribution in [-0.2, 0) is 9.53 Å². The van der Waals surface area contributed by atoms with E-state index in [1.165, 1.54) is 0 Å². The molecule has 1 rings (SSSR count). The van der Waals surface area contributed by atoms with E-state index in [2.05, 4.69) is 46.6 Å². The molecule has 0 aromatic heterocycles. The molecule has 0 aromatic carbocycles. The first-order valence-corrected chi connectivity index (χ1v) is 7.92. The van der Waals surface area contributed by atoms with Crippen LogP contribution in [0.25, 0.3) is 0 Å². The Morgan fingerprint density at radius 1 is 1.29 bits per heavy atom. The van der Waals surface area contributed by atoms with Gasteiger partial charge in [0, 0.05) is 11.1 Å². The Balaban J connectivity index is 2.87. The van der Waals surface area contributed by atoms with Crippen LogP contribution in [-0.4, -0.2) is 40.7 Å². The number of aliphatic carboxylic acids is 1. The maximum absolute atomic E-state index is 11.4. The van der Waals surface area contributed by atoms with Gasteiger partial charge in [0.1, 0.15) is 0 Å². The van der Waals surface area contributed by atoms with Crippen LogP contribution in [0.2, 0.25) is 0 Å². The minimum Gasteiger partial charge on any atom is -0.487 e. The van der Waals surface area contributed by atoms with Crippen molar-refractivity contribution in [2.24, 2.45) is 5.92 Å². The fourth-order valence-corrected chi connectivity index (χ4v) is 3.29. The lowest BCUT2D eigenvalue weighted by atomic mass is 9.74. The second-order valence-electron chi connectivity index (χ2n) is 7.39. The van der Waals surface area contributed by atoms with E-state index in [1.54, 1.807) is 0 Å². The first kappa shape index (κ1) is 18.0. The molecular weight excluding hydrogens is 266 g/mol. The van der Waals surface area contributed by atoms with Crippen LogP contribution in [0.15, 0.2) is 11.8 Å². The maximum Gasteiger partial charge on any atom is 0.370 e. The van der Waals surface area contributed by atoms with Crippen molar-refractivity contribution in [3.63, 3.8) is 0 Å². The summed E-state index contributed by atoms with van der Waals surface area (Å²) in [5, 5.41) is 9.31. The minimum atomic E-state index is -0.958. The molecule has 122 valence electrons. The van der Waals surface area contributed by atoms with E-state index in [-0.39, 0.29) is 22.8 Å². The highest BCUT2D eigenvalue weighted by Gasteiger charge is 2.42. The van der Waals surface area contributed by atoms with Crippen molar-refractivity contribution in [1.29, 1.82) is 0 Å². The van der Waals surface area contributed by atoms with Gasteiger partial charge in [0.25, 0.3) is 0 Å². The Kier molecular flexibility index (Phi) is 5.85. The summed E-state index contributed by atoms with van der Waals surface area (Å²) < 4.78 is 5.46. The molecule has 21 heavy (non-hydrogen) atoms. The number of likely N-dealkylation sites (tertiary alicyclic amines) is 1. The summed E-state index contributed by atoms with van der Waals surface area (Å²) in [6, 6.07) is 0. The summed E-state index contributed by atoms with van der Waals surface area (Å²) in [4.78, 5) is 13.7. The van der Waals surface area contributed by atoms with Crippen molar-refractivity contribution in [3.8, 4) is 0 Å². The summed E-state index contributed by atoms with van der Waals surface area (Å²) in [6.07, 6.45) is 5.60. The Morgan fingerprint density at radius 3 is 2.24 bits per heavy atom. The molecule has 1 saturated heterocycles. The summed E-state index contributed by atoms with van der Waals surface area (Å²) in [7, 11) is 2.15. The molecule has 0 radical (unpaired) electrons. The number of piperidine rings is 1. The molecule has 0 saturated carbocycles. The number of hydrogen-bond acceptors (Lipinski definition) is 3. The van der Waals surface area contributed by atoms with Crippen LogP contribution in [0.3, 0.4) is 0 Å². The monoisotopic (exact) mass is 297 g/mol. The smallest absolute Gasteiger partial charge is 0.370 e. The lowest BCUT2D eigenvalue weighted by Gasteiger charge is -2.53. The second-order valence-corrected chi connectivity index (χ2v) is 7.39. The number of carboxylic acids is 1. The van der Waals surface area contributed by atoms with Crippen LogP contribution < -0.4 is 0 Å². The third-order valence-electron chi connectivity index (χ3n) is 4.69. The summed E-state index contributed by atoms with van der Waals surface area (Å²) in [6.45, 7) is 11.4. The van der Waals surface area contributed by atoms with E-state index in [1.807, 2.05) is 6.08 Å². The number of rotatable bonds is 6. The van der Waals surface area contributed by atoms with E-state index in [0.717, 1.165) is 25.7 Å². The number of ether oxygens (including phenoxy) is 1. The normalized spacial score (nSPS) is 23.0. The Bertz CT molecular complexity index is 381. The average molecular weight is 297 g/mol. The van der Waals surface area contributed by atoms with Gasteiger partial charge in [-0.25, -0.2) is 4.79 Å². The number of nitrogens with zero attached hydrogens (tertiary/aromatic N) is 1. The van der Waals surface area contributed by atoms with Crippen LogP contribution in [0.1, 0.15) is 60.3 Å². The van der Waals surface area contributed by atoms with Crippen LogP contribution in [0.5, 0.6) is 0 Å². The lowest BCUT2D eigenvalue weighted by molar-refractivity contribution is -0.136. The highest BCUT2D eigenvalue weighted by molar-refractivity contribution is 5.84. The van der Waals surface area contributed by atoms with Crippen molar-refractivity contribution in [3.05, 3.63) is 11.8 Å². The molecule has 1 fully saturated rings.